The minimum atomic E-state index is -0.505. The Labute approximate surface area is 123 Å². The van der Waals surface area contributed by atoms with Crippen molar-refractivity contribution in [2.45, 2.75) is 0 Å². The van der Waals surface area contributed by atoms with Crippen molar-refractivity contribution in [1.82, 2.24) is 0 Å². The zero-order chi connectivity index (χ0) is 13.3. The summed E-state index contributed by atoms with van der Waals surface area (Å²) in [4.78, 5) is 12.4. The van der Waals surface area contributed by atoms with Gasteiger partial charge >= 0.3 is 0 Å². The summed E-state index contributed by atoms with van der Waals surface area (Å²) in [6, 6.07) is 5.76. The first-order valence-corrected chi connectivity index (χ1v) is 7.19. The molecule has 18 heavy (non-hydrogen) atoms. The zero-order valence-corrected chi connectivity index (χ0v) is 12.8. The van der Waals surface area contributed by atoms with Crippen LogP contribution in [0, 0.1) is 5.82 Å². The average Bonchev–Trinajstić information content (AvgIpc) is 2.65. The van der Waals surface area contributed by atoms with Gasteiger partial charge < -0.3 is 11.1 Å². The molecular formula is C11H7Br2FN2OS. The number of halogens is 3. The molecule has 94 valence electrons. The van der Waals surface area contributed by atoms with Gasteiger partial charge in [-0.3, -0.25) is 4.79 Å². The van der Waals surface area contributed by atoms with Gasteiger partial charge in [0.2, 0.25) is 0 Å². The van der Waals surface area contributed by atoms with Crippen molar-refractivity contribution >= 4 is 60.5 Å². The van der Waals surface area contributed by atoms with Crippen molar-refractivity contribution in [3.63, 3.8) is 0 Å². The van der Waals surface area contributed by atoms with Crippen molar-refractivity contribution in [2.24, 2.45) is 0 Å². The summed E-state index contributed by atoms with van der Waals surface area (Å²) in [6.07, 6.45) is 0. The fraction of sp³-hybridized carbons (Fsp3) is 0. The van der Waals surface area contributed by atoms with Crippen LogP contribution in [-0.4, -0.2) is 5.91 Å². The van der Waals surface area contributed by atoms with Crippen molar-refractivity contribution in [3.8, 4) is 0 Å². The van der Waals surface area contributed by atoms with Gasteiger partial charge in [-0.25, -0.2) is 4.39 Å². The number of nitrogens with two attached hydrogens (primary N) is 1. The molecule has 0 fully saturated rings. The highest BCUT2D eigenvalue weighted by molar-refractivity contribution is 9.13. The van der Waals surface area contributed by atoms with Gasteiger partial charge in [-0.1, -0.05) is 0 Å². The Morgan fingerprint density at radius 3 is 2.61 bits per heavy atom. The molecule has 1 heterocycles. The number of nitrogens with one attached hydrogen (secondary N) is 1. The SMILES string of the molecule is Nc1cc(NC(=O)c2cc(Br)c(Br)s2)ccc1F. The van der Waals surface area contributed by atoms with Crippen LogP contribution in [0.1, 0.15) is 9.67 Å². The van der Waals surface area contributed by atoms with Gasteiger partial charge in [0, 0.05) is 10.2 Å². The third-order valence-corrected chi connectivity index (χ3v) is 5.38. The Bertz CT molecular complexity index is 596. The Morgan fingerprint density at radius 1 is 1.33 bits per heavy atom. The molecule has 0 spiro atoms. The lowest BCUT2D eigenvalue weighted by atomic mass is 10.2. The molecule has 3 N–H and O–H groups in total. The molecule has 0 aliphatic heterocycles. The van der Waals surface area contributed by atoms with Crippen molar-refractivity contribution < 1.29 is 9.18 Å². The smallest absolute Gasteiger partial charge is 0.265 e. The Kier molecular flexibility index (Phi) is 4.04. The Balaban J connectivity index is 2.18. The molecule has 3 nitrogen and oxygen atoms in total. The first kappa shape index (κ1) is 13.5. The molecule has 0 aliphatic carbocycles. The maximum absolute atomic E-state index is 13.0. The molecular weight excluding hydrogens is 387 g/mol. The van der Waals surface area contributed by atoms with Crippen LogP contribution in [0.2, 0.25) is 0 Å². The monoisotopic (exact) mass is 392 g/mol. The average molecular weight is 394 g/mol. The fourth-order valence-electron chi connectivity index (χ4n) is 1.27. The molecule has 0 bridgehead atoms. The normalized spacial score (nSPS) is 10.4. The van der Waals surface area contributed by atoms with E-state index in [1.807, 2.05) is 0 Å². The molecule has 2 aromatic rings. The van der Waals surface area contributed by atoms with Crippen molar-refractivity contribution in [2.75, 3.05) is 11.1 Å². The van der Waals surface area contributed by atoms with Crippen LogP contribution >= 0.6 is 43.2 Å². The molecule has 0 unspecified atom stereocenters. The third kappa shape index (κ3) is 2.90. The molecule has 0 saturated carbocycles. The molecule has 1 aromatic carbocycles. The van der Waals surface area contributed by atoms with E-state index in [2.05, 4.69) is 37.2 Å². The number of rotatable bonds is 2. The number of benzene rings is 1. The first-order chi connectivity index (χ1) is 8.47. The molecule has 1 amide bonds. The van der Waals surface area contributed by atoms with Crippen LogP contribution in [-0.2, 0) is 0 Å². The Morgan fingerprint density at radius 2 is 2.06 bits per heavy atom. The highest BCUT2D eigenvalue weighted by atomic mass is 79.9. The lowest BCUT2D eigenvalue weighted by Gasteiger charge is -2.04. The summed E-state index contributed by atoms with van der Waals surface area (Å²) in [5, 5.41) is 2.65. The summed E-state index contributed by atoms with van der Waals surface area (Å²) in [7, 11) is 0. The molecule has 2 rings (SSSR count). The summed E-state index contributed by atoms with van der Waals surface area (Å²) in [6.45, 7) is 0. The predicted molar refractivity (Wildman–Crippen MR) is 78.5 cm³/mol. The largest absolute Gasteiger partial charge is 0.396 e. The van der Waals surface area contributed by atoms with Crippen LogP contribution < -0.4 is 11.1 Å². The number of anilines is 2. The van der Waals surface area contributed by atoms with E-state index in [4.69, 9.17) is 5.73 Å². The van der Waals surface area contributed by atoms with Gasteiger partial charge in [0.15, 0.2) is 0 Å². The number of thiophene rings is 1. The van der Waals surface area contributed by atoms with E-state index in [0.717, 1.165) is 8.26 Å². The quantitative estimate of drug-likeness (QED) is 0.749. The van der Waals surface area contributed by atoms with E-state index in [1.54, 1.807) is 6.07 Å². The van der Waals surface area contributed by atoms with E-state index in [-0.39, 0.29) is 11.6 Å². The minimum Gasteiger partial charge on any atom is -0.396 e. The Hall–Kier alpha value is -0.920. The maximum atomic E-state index is 13.0. The van der Waals surface area contributed by atoms with E-state index < -0.39 is 5.82 Å². The second-order valence-electron chi connectivity index (χ2n) is 3.42. The molecule has 0 atom stereocenters. The van der Waals surface area contributed by atoms with Gasteiger partial charge in [0.25, 0.3) is 5.91 Å². The summed E-state index contributed by atoms with van der Waals surface area (Å²) in [5.41, 5.74) is 5.88. The third-order valence-electron chi connectivity index (χ3n) is 2.12. The fourth-order valence-corrected chi connectivity index (χ4v) is 3.20. The van der Waals surface area contributed by atoms with Gasteiger partial charge in [0.05, 0.1) is 14.4 Å². The highest BCUT2D eigenvalue weighted by Gasteiger charge is 2.12. The number of carbonyl (C=O) groups is 1. The molecule has 1 aromatic heterocycles. The summed E-state index contributed by atoms with van der Waals surface area (Å²) in [5.74, 6) is -0.771. The molecule has 0 radical (unpaired) electrons. The second kappa shape index (κ2) is 5.38. The lowest BCUT2D eigenvalue weighted by molar-refractivity contribution is 0.103. The van der Waals surface area contributed by atoms with Gasteiger partial charge in [-0.15, -0.1) is 11.3 Å². The summed E-state index contributed by atoms with van der Waals surface area (Å²) >= 11 is 7.92. The van der Waals surface area contributed by atoms with Gasteiger partial charge in [-0.05, 0) is 56.1 Å². The first-order valence-electron chi connectivity index (χ1n) is 4.78. The van der Waals surface area contributed by atoms with Crippen molar-refractivity contribution in [1.29, 1.82) is 0 Å². The predicted octanol–water partition coefficient (Wildman–Crippen LogP) is 4.25. The highest BCUT2D eigenvalue weighted by Crippen LogP contribution is 2.32. The molecule has 7 heteroatoms. The van der Waals surface area contributed by atoms with Crippen molar-refractivity contribution in [3.05, 3.63) is 43.2 Å². The number of hydrogen-bond donors (Lipinski definition) is 2. The van der Waals surface area contributed by atoms with Crippen LogP contribution in [0.4, 0.5) is 15.8 Å². The number of nitrogen functional groups attached to an aromatic ring is 1. The van der Waals surface area contributed by atoms with Crippen LogP contribution in [0.15, 0.2) is 32.5 Å². The molecule has 0 saturated heterocycles. The van der Waals surface area contributed by atoms with Crippen LogP contribution in [0.5, 0.6) is 0 Å². The standard InChI is InChI=1S/C11H7Br2FN2OS/c12-6-4-9(18-10(6)13)11(17)16-5-1-2-7(14)8(15)3-5/h1-4H,15H2,(H,16,17). The van der Waals surface area contributed by atoms with E-state index >= 15 is 0 Å². The topological polar surface area (TPSA) is 55.1 Å². The number of carbonyl (C=O) groups excluding carboxylic acids is 1. The number of amides is 1. The maximum Gasteiger partial charge on any atom is 0.265 e. The van der Waals surface area contributed by atoms with E-state index in [9.17, 15) is 9.18 Å². The van der Waals surface area contributed by atoms with E-state index in [0.29, 0.717) is 10.6 Å². The van der Waals surface area contributed by atoms with Crippen LogP contribution in [0.3, 0.4) is 0 Å². The van der Waals surface area contributed by atoms with Gasteiger partial charge in [-0.2, -0.15) is 0 Å². The molecule has 0 aliphatic rings. The second-order valence-corrected chi connectivity index (χ2v) is 6.65. The minimum absolute atomic E-state index is 0.00124. The summed E-state index contributed by atoms with van der Waals surface area (Å²) < 4.78 is 14.6. The lowest BCUT2D eigenvalue weighted by Crippen LogP contribution is -2.10. The zero-order valence-electron chi connectivity index (χ0n) is 8.84. The number of hydrogen-bond acceptors (Lipinski definition) is 3. The van der Waals surface area contributed by atoms with E-state index in [1.165, 1.54) is 29.5 Å². The van der Waals surface area contributed by atoms with Crippen LogP contribution in [0.25, 0.3) is 0 Å². The van der Waals surface area contributed by atoms with Gasteiger partial charge in [0.1, 0.15) is 5.82 Å².